The highest BCUT2D eigenvalue weighted by atomic mass is 32.2. The van der Waals surface area contributed by atoms with Gasteiger partial charge in [0.05, 0.1) is 10.8 Å². The van der Waals surface area contributed by atoms with Crippen LogP contribution < -0.4 is 15.8 Å². The molecule has 0 bridgehead atoms. The van der Waals surface area contributed by atoms with Crippen molar-refractivity contribution in [3.05, 3.63) is 29.8 Å². The number of benzene rings is 1. The monoisotopic (exact) mass is 595 g/mol. The summed E-state index contributed by atoms with van der Waals surface area (Å²) >= 11 is 0. The first-order valence-electron chi connectivity index (χ1n) is 14.7. The first-order chi connectivity index (χ1) is 19.0. The predicted molar refractivity (Wildman–Crippen MR) is 157 cm³/mol. The number of esters is 1. The molecule has 1 saturated heterocycles. The Morgan fingerprint density at radius 1 is 1.00 bits per heavy atom. The van der Waals surface area contributed by atoms with E-state index in [-0.39, 0.29) is 17.3 Å². The number of ether oxygens (including phenoxy) is 2. The number of nitrogens with two attached hydrogens (primary N) is 1. The number of unbranched alkanes of at least 4 members (excludes halogenated alkanes) is 6. The molecule has 0 unspecified atom stereocenters. The van der Waals surface area contributed by atoms with Gasteiger partial charge in [0.15, 0.2) is 6.10 Å². The summed E-state index contributed by atoms with van der Waals surface area (Å²) in [6.07, 6.45) is 7.36. The Labute approximate surface area is 245 Å². The lowest BCUT2D eigenvalue weighted by atomic mass is 9.85. The summed E-state index contributed by atoms with van der Waals surface area (Å²) in [6.45, 7) is 11.3. The first kappa shape index (κ1) is 34.7. The maximum absolute atomic E-state index is 13.6. The van der Waals surface area contributed by atoms with Crippen LogP contribution in [0, 0.1) is 11.3 Å². The van der Waals surface area contributed by atoms with Gasteiger partial charge in [-0.05, 0) is 36.0 Å². The minimum Gasteiger partial charge on any atom is -0.432 e. The van der Waals surface area contributed by atoms with E-state index in [2.05, 4.69) is 17.6 Å². The van der Waals surface area contributed by atoms with Gasteiger partial charge in [-0.2, -0.15) is 0 Å². The van der Waals surface area contributed by atoms with E-state index in [4.69, 9.17) is 14.6 Å². The number of carbonyl (C=O) groups is 3. The minimum atomic E-state index is -3.78. The number of sulfonamides is 1. The third-order valence-corrected chi connectivity index (χ3v) is 8.12. The Morgan fingerprint density at radius 2 is 1.59 bits per heavy atom. The number of carbonyl (C=O) groups excluding carboxylic acids is 3. The fraction of sp³-hybridized carbons (Fsp3) is 0.700. The van der Waals surface area contributed by atoms with Crippen LogP contribution in [0.2, 0.25) is 0 Å². The highest BCUT2D eigenvalue weighted by molar-refractivity contribution is 7.89. The Kier molecular flexibility index (Phi) is 12.8. The summed E-state index contributed by atoms with van der Waals surface area (Å²) in [5.41, 5.74) is 0.208. The number of amides is 2. The van der Waals surface area contributed by atoms with Gasteiger partial charge in [0.25, 0.3) is 0 Å². The predicted octanol–water partition coefficient (Wildman–Crippen LogP) is 3.96. The van der Waals surface area contributed by atoms with Crippen LogP contribution in [0.4, 0.5) is 0 Å². The van der Waals surface area contributed by atoms with Crippen molar-refractivity contribution in [3.8, 4) is 0 Å². The average molecular weight is 596 g/mol. The van der Waals surface area contributed by atoms with Crippen LogP contribution in [0.1, 0.15) is 98.5 Å². The quantitative estimate of drug-likeness (QED) is 0.193. The molecule has 1 aromatic rings. The Balaban J connectivity index is 2.05. The second-order valence-corrected chi connectivity index (χ2v) is 14.0. The van der Waals surface area contributed by atoms with Crippen LogP contribution >= 0.6 is 0 Å². The van der Waals surface area contributed by atoms with E-state index in [0.29, 0.717) is 12.8 Å². The summed E-state index contributed by atoms with van der Waals surface area (Å²) in [5, 5.41) is 10.9. The van der Waals surface area contributed by atoms with E-state index >= 15 is 0 Å². The van der Waals surface area contributed by atoms with Crippen LogP contribution in [0.5, 0.6) is 0 Å². The first-order valence-corrected chi connectivity index (χ1v) is 16.2. The SMILES string of the molecule is CCCCCCCCC[C@@H](C(=O)N[C@H](C(=O)NCCc1ccc(S(N)(=O)=O)cc1)C(C)(C)C)[C@@H]1OC(C)(C)OC1=O. The number of cyclic esters (lactones) is 1. The van der Waals surface area contributed by atoms with Gasteiger partial charge >= 0.3 is 5.97 Å². The zero-order valence-electron chi connectivity index (χ0n) is 25.5. The topological polar surface area (TPSA) is 154 Å². The lowest BCUT2D eigenvalue weighted by Crippen LogP contribution is -2.56. The molecule has 41 heavy (non-hydrogen) atoms. The van der Waals surface area contributed by atoms with Crippen molar-refractivity contribution >= 4 is 27.8 Å². The van der Waals surface area contributed by atoms with E-state index < -0.39 is 51.2 Å². The molecule has 1 fully saturated rings. The number of primary sulfonamides is 1. The molecular formula is C30H49N3O7S. The van der Waals surface area contributed by atoms with Crippen molar-refractivity contribution in [2.24, 2.45) is 16.5 Å². The Hall–Kier alpha value is -2.50. The zero-order chi connectivity index (χ0) is 30.8. The van der Waals surface area contributed by atoms with E-state index in [9.17, 15) is 22.8 Å². The van der Waals surface area contributed by atoms with Gasteiger partial charge in [-0.15, -0.1) is 0 Å². The molecule has 2 rings (SSSR count). The second kappa shape index (κ2) is 15.1. The molecule has 232 valence electrons. The molecule has 10 nitrogen and oxygen atoms in total. The van der Waals surface area contributed by atoms with Gasteiger partial charge in [-0.3, -0.25) is 9.59 Å². The van der Waals surface area contributed by atoms with Crippen LogP contribution in [-0.4, -0.2) is 50.7 Å². The molecule has 1 heterocycles. The molecule has 1 aromatic carbocycles. The third kappa shape index (κ3) is 11.4. The fourth-order valence-electron chi connectivity index (χ4n) is 4.87. The van der Waals surface area contributed by atoms with Crippen molar-refractivity contribution in [2.45, 2.75) is 122 Å². The lowest BCUT2D eigenvalue weighted by molar-refractivity contribution is -0.162. The van der Waals surface area contributed by atoms with Crippen LogP contribution in [0.25, 0.3) is 0 Å². The van der Waals surface area contributed by atoms with Gasteiger partial charge < -0.3 is 20.1 Å². The summed E-state index contributed by atoms with van der Waals surface area (Å²) in [4.78, 5) is 39.6. The van der Waals surface area contributed by atoms with Gasteiger partial charge in [0.2, 0.25) is 27.6 Å². The summed E-state index contributed by atoms with van der Waals surface area (Å²) in [6, 6.07) is 5.28. The van der Waals surface area contributed by atoms with Gasteiger partial charge in [-0.25, -0.2) is 18.4 Å². The molecule has 1 aliphatic heterocycles. The van der Waals surface area contributed by atoms with Crippen molar-refractivity contribution in [3.63, 3.8) is 0 Å². The average Bonchev–Trinajstić information content (AvgIpc) is 3.14. The van der Waals surface area contributed by atoms with Crippen LogP contribution in [-0.2, 0) is 40.3 Å². The molecule has 0 radical (unpaired) electrons. The normalized spacial score (nSPS) is 18.4. The molecule has 11 heteroatoms. The standard InChI is InChI=1S/C30H49N3O7S/c1-7-8-9-10-11-12-13-14-23(24-28(36)40-30(5,6)39-24)26(34)33-25(29(2,3)4)27(35)32-20-19-21-15-17-22(18-16-21)41(31,37)38/h15-18,23-25H,7-14,19-20H2,1-6H3,(H,32,35)(H,33,34)(H2,31,37,38)/t23-,24+,25-/m1/s1. The summed E-state index contributed by atoms with van der Waals surface area (Å²) < 4.78 is 34.1. The fourth-order valence-corrected chi connectivity index (χ4v) is 5.38. The molecule has 3 atom stereocenters. The van der Waals surface area contributed by atoms with Crippen molar-refractivity contribution in [2.75, 3.05) is 6.54 Å². The molecule has 4 N–H and O–H groups in total. The van der Waals surface area contributed by atoms with Gasteiger partial charge in [-0.1, -0.05) is 84.8 Å². The molecule has 0 aliphatic carbocycles. The van der Waals surface area contributed by atoms with Gasteiger partial charge in [0, 0.05) is 20.4 Å². The number of hydrogen-bond donors (Lipinski definition) is 3. The number of nitrogens with one attached hydrogen (secondary N) is 2. The maximum atomic E-state index is 13.6. The van der Waals surface area contributed by atoms with E-state index in [1.165, 1.54) is 31.4 Å². The van der Waals surface area contributed by atoms with Crippen molar-refractivity contribution in [1.29, 1.82) is 0 Å². The molecule has 0 spiro atoms. The molecule has 0 saturated carbocycles. The summed E-state index contributed by atoms with van der Waals surface area (Å²) in [7, 11) is -3.78. The Morgan fingerprint density at radius 3 is 2.10 bits per heavy atom. The highest BCUT2D eigenvalue weighted by Gasteiger charge is 2.48. The minimum absolute atomic E-state index is 0.0188. The van der Waals surface area contributed by atoms with E-state index in [0.717, 1.165) is 31.2 Å². The smallest absolute Gasteiger partial charge is 0.338 e. The number of hydrogen-bond acceptors (Lipinski definition) is 7. The third-order valence-electron chi connectivity index (χ3n) is 7.19. The van der Waals surface area contributed by atoms with Crippen LogP contribution in [0.15, 0.2) is 29.2 Å². The molecule has 2 amide bonds. The highest BCUT2D eigenvalue weighted by Crippen LogP contribution is 2.31. The van der Waals surface area contributed by atoms with Crippen molar-refractivity contribution in [1.82, 2.24) is 10.6 Å². The zero-order valence-corrected chi connectivity index (χ0v) is 26.3. The molecule has 1 aliphatic rings. The van der Waals surface area contributed by atoms with Crippen LogP contribution in [0.3, 0.4) is 0 Å². The van der Waals surface area contributed by atoms with Crippen molar-refractivity contribution < 1.29 is 32.3 Å². The molecular weight excluding hydrogens is 546 g/mol. The maximum Gasteiger partial charge on any atom is 0.338 e. The Bertz CT molecular complexity index is 1130. The summed E-state index contributed by atoms with van der Waals surface area (Å²) in [5.74, 6) is -3.23. The van der Waals surface area contributed by atoms with Gasteiger partial charge in [0.1, 0.15) is 6.04 Å². The molecule has 0 aromatic heterocycles. The second-order valence-electron chi connectivity index (χ2n) is 12.4. The van der Waals surface area contributed by atoms with E-state index in [1.807, 2.05) is 20.8 Å². The largest absolute Gasteiger partial charge is 0.432 e. The lowest BCUT2D eigenvalue weighted by Gasteiger charge is -2.32. The number of rotatable bonds is 16. The van der Waals surface area contributed by atoms with E-state index in [1.54, 1.807) is 26.0 Å².